The highest BCUT2D eigenvalue weighted by molar-refractivity contribution is 9.10. The largest absolute Gasteiger partial charge is 0.299 e. The number of carbonyl (C=O) groups excluding carboxylic acids is 1. The van der Waals surface area contributed by atoms with E-state index in [9.17, 15) is 4.79 Å². The Morgan fingerprint density at radius 1 is 1.36 bits per heavy atom. The van der Waals surface area contributed by atoms with Crippen molar-refractivity contribution >= 4 is 21.7 Å². The summed E-state index contributed by atoms with van der Waals surface area (Å²) in [4.78, 5) is 15.9. The van der Waals surface area contributed by atoms with Crippen LogP contribution in [0.2, 0.25) is 0 Å². The molecule has 1 saturated carbocycles. The second-order valence-electron chi connectivity index (χ2n) is 3.67. The van der Waals surface area contributed by atoms with Crippen LogP contribution in [-0.2, 0) is 4.79 Å². The molecule has 0 spiro atoms. The lowest BCUT2D eigenvalue weighted by Crippen LogP contribution is -2.17. The Hall–Kier alpha value is -0.700. The molecule has 1 atom stereocenters. The topological polar surface area (TPSA) is 30.0 Å². The first-order valence-corrected chi connectivity index (χ1v) is 5.71. The van der Waals surface area contributed by atoms with Gasteiger partial charge in [-0.1, -0.05) is 6.42 Å². The average Bonchev–Trinajstić information content (AvgIpc) is 2.20. The van der Waals surface area contributed by atoms with Gasteiger partial charge in [-0.25, -0.2) is 0 Å². The van der Waals surface area contributed by atoms with E-state index in [1.807, 2.05) is 12.1 Å². The Morgan fingerprint density at radius 3 is 2.86 bits per heavy atom. The van der Waals surface area contributed by atoms with Crippen molar-refractivity contribution in [2.45, 2.75) is 31.6 Å². The molecule has 2 nitrogen and oxygen atoms in total. The van der Waals surface area contributed by atoms with Gasteiger partial charge in [0.2, 0.25) is 0 Å². The SMILES string of the molecule is O=C1CCCCC1c1ccc(Br)cn1. The lowest BCUT2D eigenvalue weighted by molar-refractivity contribution is -0.121. The van der Waals surface area contributed by atoms with Crippen molar-refractivity contribution in [1.82, 2.24) is 4.98 Å². The maximum Gasteiger partial charge on any atom is 0.141 e. The number of hydrogen-bond acceptors (Lipinski definition) is 2. The molecule has 0 radical (unpaired) electrons. The van der Waals surface area contributed by atoms with E-state index < -0.39 is 0 Å². The van der Waals surface area contributed by atoms with E-state index in [1.165, 1.54) is 0 Å². The normalized spacial score (nSPS) is 22.4. The average molecular weight is 254 g/mol. The molecule has 0 aromatic carbocycles. The Labute approximate surface area is 91.9 Å². The molecule has 0 N–H and O–H groups in total. The quantitative estimate of drug-likeness (QED) is 0.770. The van der Waals surface area contributed by atoms with Crippen LogP contribution < -0.4 is 0 Å². The number of carbonyl (C=O) groups is 1. The number of Topliss-reactive ketones (excluding diaryl/α,β-unsaturated/α-hetero) is 1. The van der Waals surface area contributed by atoms with Crippen LogP contribution in [0.25, 0.3) is 0 Å². The zero-order chi connectivity index (χ0) is 9.97. The number of halogens is 1. The van der Waals surface area contributed by atoms with Gasteiger partial charge in [0.1, 0.15) is 5.78 Å². The number of ketones is 1. The fourth-order valence-electron chi connectivity index (χ4n) is 1.89. The van der Waals surface area contributed by atoms with Gasteiger partial charge in [0.05, 0.1) is 11.6 Å². The molecule has 74 valence electrons. The Kier molecular flexibility index (Phi) is 2.96. The predicted octanol–water partition coefficient (Wildman–Crippen LogP) is 3.07. The highest BCUT2D eigenvalue weighted by Gasteiger charge is 2.24. The van der Waals surface area contributed by atoms with Crippen LogP contribution in [0.5, 0.6) is 0 Å². The lowest BCUT2D eigenvalue weighted by Gasteiger charge is -2.19. The minimum Gasteiger partial charge on any atom is -0.299 e. The number of pyridine rings is 1. The molecule has 0 aliphatic heterocycles. The maximum absolute atomic E-state index is 11.6. The van der Waals surface area contributed by atoms with Gasteiger partial charge in [-0.05, 0) is 40.9 Å². The zero-order valence-electron chi connectivity index (χ0n) is 7.87. The van der Waals surface area contributed by atoms with E-state index in [-0.39, 0.29) is 5.92 Å². The highest BCUT2D eigenvalue weighted by Crippen LogP contribution is 2.28. The van der Waals surface area contributed by atoms with Gasteiger partial charge < -0.3 is 0 Å². The van der Waals surface area contributed by atoms with Gasteiger partial charge in [-0.3, -0.25) is 9.78 Å². The van der Waals surface area contributed by atoms with Gasteiger partial charge in [-0.2, -0.15) is 0 Å². The molecule has 1 aromatic rings. The summed E-state index contributed by atoms with van der Waals surface area (Å²) >= 11 is 3.34. The van der Waals surface area contributed by atoms with Crippen molar-refractivity contribution in [3.63, 3.8) is 0 Å². The summed E-state index contributed by atoms with van der Waals surface area (Å²) in [7, 11) is 0. The molecule has 1 unspecified atom stereocenters. The van der Waals surface area contributed by atoms with Crippen molar-refractivity contribution < 1.29 is 4.79 Å². The van der Waals surface area contributed by atoms with Crippen molar-refractivity contribution in [2.75, 3.05) is 0 Å². The van der Waals surface area contributed by atoms with Crippen LogP contribution in [-0.4, -0.2) is 10.8 Å². The van der Waals surface area contributed by atoms with Crippen molar-refractivity contribution in [3.05, 3.63) is 28.5 Å². The zero-order valence-corrected chi connectivity index (χ0v) is 9.46. The summed E-state index contributed by atoms with van der Waals surface area (Å²) in [6.45, 7) is 0. The lowest BCUT2D eigenvalue weighted by atomic mass is 9.85. The van der Waals surface area contributed by atoms with Gasteiger partial charge in [0.15, 0.2) is 0 Å². The van der Waals surface area contributed by atoms with Crippen molar-refractivity contribution in [1.29, 1.82) is 0 Å². The molecule has 1 fully saturated rings. The minimum absolute atomic E-state index is 0.0526. The molecule has 0 bridgehead atoms. The molecule has 1 heterocycles. The van der Waals surface area contributed by atoms with Gasteiger partial charge in [0, 0.05) is 17.1 Å². The monoisotopic (exact) mass is 253 g/mol. The first-order valence-electron chi connectivity index (χ1n) is 4.91. The van der Waals surface area contributed by atoms with E-state index in [0.29, 0.717) is 5.78 Å². The number of nitrogens with zero attached hydrogens (tertiary/aromatic N) is 1. The van der Waals surface area contributed by atoms with E-state index in [4.69, 9.17) is 0 Å². The molecule has 0 saturated heterocycles. The summed E-state index contributed by atoms with van der Waals surface area (Å²) < 4.78 is 0.963. The van der Waals surface area contributed by atoms with Crippen LogP contribution in [0.15, 0.2) is 22.8 Å². The molecule has 2 rings (SSSR count). The van der Waals surface area contributed by atoms with Crippen molar-refractivity contribution in [3.8, 4) is 0 Å². The third kappa shape index (κ3) is 2.03. The minimum atomic E-state index is 0.0526. The molecule has 3 heteroatoms. The number of hydrogen-bond donors (Lipinski definition) is 0. The first-order chi connectivity index (χ1) is 6.77. The van der Waals surface area contributed by atoms with Gasteiger partial charge in [0.25, 0.3) is 0 Å². The van der Waals surface area contributed by atoms with E-state index in [2.05, 4.69) is 20.9 Å². The second-order valence-corrected chi connectivity index (χ2v) is 4.58. The van der Waals surface area contributed by atoms with Gasteiger partial charge in [-0.15, -0.1) is 0 Å². The van der Waals surface area contributed by atoms with E-state index >= 15 is 0 Å². The smallest absolute Gasteiger partial charge is 0.141 e. The Bertz CT molecular complexity index is 334. The molecule has 1 aromatic heterocycles. The third-order valence-corrected chi connectivity index (χ3v) is 3.13. The highest BCUT2D eigenvalue weighted by atomic mass is 79.9. The molecule has 0 amide bonds. The third-order valence-electron chi connectivity index (χ3n) is 2.66. The van der Waals surface area contributed by atoms with Crippen molar-refractivity contribution in [2.24, 2.45) is 0 Å². The van der Waals surface area contributed by atoms with Crippen LogP contribution in [0.1, 0.15) is 37.3 Å². The Morgan fingerprint density at radius 2 is 2.21 bits per heavy atom. The summed E-state index contributed by atoms with van der Waals surface area (Å²) in [6.07, 6.45) is 5.65. The standard InChI is InChI=1S/C11H12BrNO/c12-8-5-6-10(13-7-8)9-3-1-2-4-11(9)14/h5-7,9H,1-4H2. The molecule has 1 aliphatic carbocycles. The summed E-state index contributed by atoms with van der Waals surface area (Å²) in [5.41, 5.74) is 0.929. The molecule has 1 aliphatic rings. The Balaban J connectivity index is 2.20. The predicted molar refractivity (Wildman–Crippen MR) is 58.2 cm³/mol. The maximum atomic E-state index is 11.6. The molecular formula is C11H12BrNO. The summed E-state index contributed by atoms with van der Waals surface area (Å²) in [5, 5.41) is 0. The number of rotatable bonds is 1. The number of aromatic nitrogens is 1. The summed E-state index contributed by atoms with van der Waals surface area (Å²) in [6, 6.07) is 3.89. The van der Waals surface area contributed by atoms with Crippen LogP contribution >= 0.6 is 15.9 Å². The molecule has 14 heavy (non-hydrogen) atoms. The fraction of sp³-hybridized carbons (Fsp3) is 0.455. The van der Waals surface area contributed by atoms with E-state index in [1.54, 1.807) is 6.20 Å². The first kappa shape index (κ1) is 9.84. The van der Waals surface area contributed by atoms with Crippen LogP contribution in [0.4, 0.5) is 0 Å². The molecular weight excluding hydrogens is 242 g/mol. The summed E-state index contributed by atoms with van der Waals surface area (Å²) in [5.74, 6) is 0.405. The van der Waals surface area contributed by atoms with Crippen LogP contribution in [0, 0.1) is 0 Å². The van der Waals surface area contributed by atoms with Gasteiger partial charge >= 0.3 is 0 Å². The second kappa shape index (κ2) is 4.22. The van der Waals surface area contributed by atoms with E-state index in [0.717, 1.165) is 35.8 Å². The fourth-order valence-corrected chi connectivity index (χ4v) is 2.12. The van der Waals surface area contributed by atoms with Crippen LogP contribution in [0.3, 0.4) is 0 Å².